The molecular weight excluding hydrogens is 266 g/mol. The molecule has 1 aromatic rings. The predicted octanol–water partition coefficient (Wildman–Crippen LogP) is 3.90. The van der Waals surface area contributed by atoms with Gasteiger partial charge in [0.2, 0.25) is 0 Å². The molecule has 0 amide bonds. The molecule has 3 rings (SSSR count). The van der Waals surface area contributed by atoms with E-state index in [2.05, 4.69) is 24.1 Å². The molecule has 1 aliphatic heterocycles. The summed E-state index contributed by atoms with van der Waals surface area (Å²) in [5.41, 5.74) is 1.37. The lowest BCUT2D eigenvalue weighted by Gasteiger charge is -2.23. The third-order valence-corrected chi connectivity index (χ3v) is 5.85. The Bertz CT molecular complexity index is 443. The highest BCUT2D eigenvalue weighted by molar-refractivity contribution is 7.15. The lowest BCUT2D eigenvalue weighted by molar-refractivity contribution is 0.454. The monoisotopic (exact) mass is 293 g/mol. The van der Waals surface area contributed by atoms with E-state index in [4.69, 9.17) is 4.98 Å². The number of aromatic nitrogens is 1. The smallest absolute Gasteiger partial charge is 0.186 e. The average Bonchev–Trinajstić information content (AvgIpc) is 3.10. The van der Waals surface area contributed by atoms with Crippen LogP contribution < -0.4 is 10.2 Å². The van der Waals surface area contributed by atoms with Gasteiger partial charge in [0.25, 0.3) is 0 Å². The van der Waals surface area contributed by atoms with Crippen molar-refractivity contribution in [1.29, 1.82) is 0 Å². The molecule has 1 saturated heterocycles. The van der Waals surface area contributed by atoms with Gasteiger partial charge in [-0.3, -0.25) is 0 Å². The van der Waals surface area contributed by atoms with E-state index >= 15 is 0 Å². The third-order valence-electron chi connectivity index (χ3n) is 4.68. The SMILES string of the molecule is CCCNC1CCCc2sc(N3CCCC3CC)nc21. The second kappa shape index (κ2) is 6.44. The molecule has 0 bridgehead atoms. The molecule has 20 heavy (non-hydrogen) atoms. The van der Waals surface area contributed by atoms with Crippen molar-refractivity contribution >= 4 is 16.5 Å². The first kappa shape index (κ1) is 14.3. The van der Waals surface area contributed by atoms with Crippen molar-refractivity contribution in [2.45, 2.75) is 70.9 Å². The zero-order valence-electron chi connectivity index (χ0n) is 12.8. The van der Waals surface area contributed by atoms with Gasteiger partial charge in [-0.2, -0.15) is 0 Å². The molecule has 1 aromatic heterocycles. The molecule has 1 aliphatic carbocycles. The maximum atomic E-state index is 5.05. The van der Waals surface area contributed by atoms with E-state index in [0.29, 0.717) is 6.04 Å². The summed E-state index contributed by atoms with van der Waals surface area (Å²) in [6.45, 7) is 6.86. The summed E-state index contributed by atoms with van der Waals surface area (Å²) in [6.07, 6.45) is 8.94. The summed E-state index contributed by atoms with van der Waals surface area (Å²) < 4.78 is 0. The van der Waals surface area contributed by atoms with Crippen LogP contribution in [-0.2, 0) is 6.42 Å². The Kier molecular flexibility index (Phi) is 4.61. The fraction of sp³-hybridized carbons (Fsp3) is 0.812. The molecule has 4 heteroatoms. The van der Waals surface area contributed by atoms with Crippen LogP contribution in [0.4, 0.5) is 5.13 Å². The fourth-order valence-corrected chi connectivity index (χ4v) is 4.82. The van der Waals surface area contributed by atoms with Gasteiger partial charge in [-0.25, -0.2) is 4.98 Å². The van der Waals surface area contributed by atoms with Crippen molar-refractivity contribution in [2.75, 3.05) is 18.0 Å². The Morgan fingerprint density at radius 1 is 1.30 bits per heavy atom. The summed E-state index contributed by atoms with van der Waals surface area (Å²) in [7, 11) is 0. The van der Waals surface area contributed by atoms with Gasteiger partial charge in [0, 0.05) is 17.5 Å². The highest BCUT2D eigenvalue weighted by Crippen LogP contribution is 2.39. The van der Waals surface area contributed by atoms with Crippen LogP contribution in [0.25, 0.3) is 0 Å². The van der Waals surface area contributed by atoms with Gasteiger partial charge < -0.3 is 10.2 Å². The Morgan fingerprint density at radius 3 is 3.00 bits per heavy atom. The maximum absolute atomic E-state index is 5.05. The van der Waals surface area contributed by atoms with E-state index in [9.17, 15) is 0 Å². The number of nitrogens with zero attached hydrogens (tertiary/aromatic N) is 2. The van der Waals surface area contributed by atoms with E-state index < -0.39 is 0 Å². The lowest BCUT2D eigenvalue weighted by Crippen LogP contribution is -2.29. The van der Waals surface area contributed by atoms with Crippen LogP contribution in [0.3, 0.4) is 0 Å². The quantitative estimate of drug-likeness (QED) is 0.892. The molecule has 3 nitrogen and oxygen atoms in total. The summed E-state index contributed by atoms with van der Waals surface area (Å²) in [6, 6.07) is 1.23. The minimum Gasteiger partial charge on any atom is -0.345 e. The number of aryl methyl sites for hydroxylation is 1. The summed E-state index contributed by atoms with van der Waals surface area (Å²) in [5.74, 6) is 0. The highest BCUT2D eigenvalue weighted by atomic mass is 32.1. The highest BCUT2D eigenvalue weighted by Gasteiger charge is 2.29. The van der Waals surface area contributed by atoms with Crippen LogP contribution in [0.5, 0.6) is 0 Å². The Morgan fingerprint density at radius 2 is 2.20 bits per heavy atom. The van der Waals surface area contributed by atoms with Crippen LogP contribution >= 0.6 is 11.3 Å². The third kappa shape index (κ3) is 2.73. The standard InChI is InChI=1S/C16H27N3S/c1-3-10-17-13-8-5-9-14-15(13)18-16(20-14)19-11-6-7-12(19)4-2/h12-13,17H,3-11H2,1-2H3. The zero-order chi connectivity index (χ0) is 13.9. The number of thiazole rings is 1. The maximum Gasteiger partial charge on any atom is 0.186 e. The van der Waals surface area contributed by atoms with Gasteiger partial charge in [-0.1, -0.05) is 13.8 Å². The number of fused-ring (bicyclic) bond motifs is 1. The lowest BCUT2D eigenvalue weighted by atomic mass is 9.97. The summed E-state index contributed by atoms with van der Waals surface area (Å²) in [4.78, 5) is 9.16. The predicted molar refractivity (Wildman–Crippen MR) is 86.7 cm³/mol. The summed E-state index contributed by atoms with van der Waals surface area (Å²) >= 11 is 1.96. The topological polar surface area (TPSA) is 28.2 Å². The zero-order valence-corrected chi connectivity index (χ0v) is 13.6. The normalized spacial score (nSPS) is 26.0. The van der Waals surface area contributed by atoms with Crippen LogP contribution in [0.1, 0.15) is 69.0 Å². The van der Waals surface area contributed by atoms with E-state index in [0.717, 1.165) is 12.6 Å². The van der Waals surface area contributed by atoms with Crippen molar-refractivity contribution in [3.8, 4) is 0 Å². The molecule has 2 aliphatic rings. The number of rotatable bonds is 5. The van der Waals surface area contributed by atoms with Crippen molar-refractivity contribution in [2.24, 2.45) is 0 Å². The van der Waals surface area contributed by atoms with Crippen molar-refractivity contribution < 1.29 is 0 Å². The van der Waals surface area contributed by atoms with E-state index in [1.807, 2.05) is 11.3 Å². The van der Waals surface area contributed by atoms with Crippen molar-refractivity contribution in [3.63, 3.8) is 0 Å². The first-order valence-electron chi connectivity index (χ1n) is 8.33. The van der Waals surface area contributed by atoms with Crippen LogP contribution in [0, 0.1) is 0 Å². The molecule has 112 valence electrons. The van der Waals surface area contributed by atoms with Gasteiger partial charge in [0.05, 0.1) is 11.7 Å². The van der Waals surface area contributed by atoms with Crippen LogP contribution in [0.15, 0.2) is 0 Å². The molecule has 2 unspecified atom stereocenters. The first-order chi connectivity index (χ1) is 9.83. The largest absolute Gasteiger partial charge is 0.345 e. The molecule has 1 N–H and O–H groups in total. The number of hydrogen-bond donors (Lipinski definition) is 1. The summed E-state index contributed by atoms with van der Waals surface area (Å²) in [5, 5.41) is 4.98. The molecule has 0 spiro atoms. The molecule has 0 saturated carbocycles. The van der Waals surface area contributed by atoms with Gasteiger partial charge in [0.15, 0.2) is 5.13 Å². The second-order valence-corrected chi connectivity index (χ2v) is 7.16. The molecule has 1 fully saturated rings. The number of nitrogens with one attached hydrogen (secondary N) is 1. The number of anilines is 1. The second-order valence-electron chi connectivity index (χ2n) is 6.10. The van der Waals surface area contributed by atoms with Gasteiger partial charge in [-0.05, 0) is 51.5 Å². The van der Waals surface area contributed by atoms with Crippen molar-refractivity contribution in [3.05, 3.63) is 10.6 Å². The molecule has 0 radical (unpaired) electrons. The van der Waals surface area contributed by atoms with Gasteiger partial charge in [0.1, 0.15) is 0 Å². The van der Waals surface area contributed by atoms with Crippen molar-refractivity contribution in [1.82, 2.24) is 10.3 Å². The van der Waals surface area contributed by atoms with E-state index in [1.165, 1.54) is 62.3 Å². The van der Waals surface area contributed by atoms with Gasteiger partial charge in [-0.15, -0.1) is 11.3 Å². The fourth-order valence-electron chi connectivity index (χ4n) is 3.56. The number of hydrogen-bond acceptors (Lipinski definition) is 4. The van der Waals surface area contributed by atoms with E-state index in [-0.39, 0.29) is 0 Å². The Balaban J connectivity index is 1.80. The molecular formula is C16H27N3S. The van der Waals surface area contributed by atoms with E-state index in [1.54, 1.807) is 4.88 Å². The van der Waals surface area contributed by atoms with Crippen LogP contribution in [0.2, 0.25) is 0 Å². The average molecular weight is 293 g/mol. The minimum absolute atomic E-state index is 0.506. The molecule has 2 atom stereocenters. The van der Waals surface area contributed by atoms with Gasteiger partial charge >= 0.3 is 0 Å². The molecule has 0 aromatic carbocycles. The Labute approximate surface area is 126 Å². The van der Waals surface area contributed by atoms with Crippen LogP contribution in [-0.4, -0.2) is 24.1 Å². The first-order valence-corrected chi connectivity index (χ1v) is 9.14. The Hall–Kier alpha value is -0.610. The molecule has 2 heterocycles. The minimum atomic E-state index is 0.506.